The molecule has 0 spiro atoms. The van der Waals surface area contributed by atoms with E-state index >= 15 is 0 Å². The van der Waals surface area contributed by atoms with E-state index in [2.05, 4.69) is 27.6 Å². The molecule has 0 bridgehead atoms. The number of alkyl halides is 4. The van der Waals surface area contributed by atoms with E-state index in [0.717, 1.165) is 17.7 Å². The number of aromatic nitrogens is 2. The summed E-state index contributed by atoms with van der Waals surface area (Å²) in [5.74, 6) is -0.553. The van der Waals surface area contributed by atoms with Gasteiger partial charge >= 0.3 is 6.18 Å². The molecule has 0 saturated carbocycles. The van der Waals surface area contributed by atoms with Gasteiger partial charge in [-0.05, 0) is 41.5 Å². The van der Waals surface area contributed by atoms with Gasteiger partial charge in [0.1, 0.15) is 0 Å². The second-order valence-electron chi connectivity index (χ2n) is 5.63. The van der Waals surface area contributed by atoms with Crippen molar-refractivity contribution < 1.29 is 18.0 Å². The van der Waals surface area contributed by atoms with Gasteiger partial charge in [-0.15, -0.1) is 0 Å². The number of rotatable bonds is 4. The lowest BCUT2D eigenvalue weighted by Crippen LogP contribution is -2.11. The highest BCUT2D eigenvalue weighted by molar-refractivity contribution is 14.1. The molecule has 1 amide bonds. The minimum Gasteiger partial charge on any atom is -0.366 e. The lowest BCUT2D eigenvalue weighted by molar-refractivity contribution is -0.137. The largest absolute Gasteiger partial charge is 0.416 e. The average Bonchev–Trinajstić information content (AvgIpc) is 3.15. The number of carbonyl (C=O) groups is 1. The van der Waals surface area contributed by atoms with E-state index in [1.807, 2.05) is 0 Å². The molecule has 26 heavy (non-hydrogen) atoms. The molecule has 3 aromatic rings. The predicted molar refractivity (Wildman–Crippen MR) is 99.4 cm³/mol. The van der Waals surface area contributed by atoms with E-state index in [1.165, 1.54) is 17.1 Å². The normalized spacial score (nSPS) is 12.8. The van der Waals surface area contributed by atoms with E-state index in [0.29, 0.717) is 16.8 Å². The Balaban J connectivity index is 2.05. The molecular formula is C18H13F3IN3O. The number of nitrogens with zero attached hydrogens (tertiary/aromatic N) is 2. The molecule has 0 saturated heterocycles. The van der Waals surface area contributed by atoms with Gasteiger partial charge in [0.25, 0.3) is 0 Å². The molecular weight excluding hydrogens is 458 g/mol. The van der Waals surface area contributed by atoms with Crippen LogP contribution in [0.3, 0.4) is 0 Å². The number of imidazole rings is 1. The first-order chi connectivity index (χ1) is 12.3. The number of hydrogen-bond acceptors (Lipinski definition) is 2. The summed E-state index contributed by atoms with van der Waals surface area (Å²) in [6, 6.07) is 10.4. The SMILES string of the molecule is NC(=O)c1ccc(C(I)c2cc(-n3ccnc3)cc(C(F)(F)F)c2)cc1. The molecule has 1 unspecified atom stereocenters. The Morgan fingerprint density at radius 2 is 1.81 bits per heavy atom. The molecule has 0 radical (unpaired) electrons. The quantitative estimate of drug-likeness (QED) is 0.450. The van der Waals surface area contributed by atoms with Crippen LogP contribution in [-0.4, -0.2) is 15.5 Å². The Bertz CT molecular complexity index is 922. The molecule has 1 atom stereocenters. The highest BCUT2D eigenvalue weighted by atomic mass is 127. The smallest absolute Gasteiger partial charge is 0.366 e. The maximum absolute atomic E-state index is 13.3. The van der Waals surface area contributed by atoms with Gasteiger partial charge in [-0.1, -0.05) is 34.7 Å². The lowest BCUT2D eigenvalue weighted by Gasteiger charge is -2.17. The topological polar surface area (TPSA) is 60.9 Å². The first-order valence-corrected chi connectivity index (χ1v) is 8.74. The first kappa shape index (κ1) is 18.4. The number of carbonyl (C=O) groups excluding carboxylic acids is 1. The van der Waals surface area contributed by atoms with Crippen molar-refractivity contribution >= 4 is 28.5 Å². The first-order valence-electron chi connectivity index (χ1n) is 7.50. The van der Waals surface area contributed by atoms with Gasteiger partial charge in [-0.3, -0.25) is 4.79 Å². The summed E-state index contributed by atoms with van der Waals surface area (Å²) in [5.41, 5.74) is 6.48. The van der Waals surface area contributed by atoms with Crippen LogP contribution in [0.15, 0.2) is 61.2 Å². The van der Waals surface area contributed by atoms with Crippen LogP contribution in [0.2, 0.25) is 0 Å². The lowest BCUT2D eigenvalue weighted by atomic mass is 10.0. The van der Waals surface area contributed by atoms with Crippen LogP contribution in [0.4, 0.5) is 13.2 Å². The highest BCUT2D eigenvalue weighted by Gasteiger charge is 2.32. The molecule has 2 N–H and O–H groups in total. The Morgan fingerprint density at radius 3 is 2.35 bits per heavy atom. The summed E-state index contributed by atoms with van der Waals surface area (Å²) in [5, 5.41) is 0. The van der Waals surface area contributed by atoms with E-state index in [9.17, 15) is 18.0 Å². The third kappa shape index (κ3) is 3.90. The van der Waals surface area contributed by atoms with Gasteiger partial charge in [-0.25, -0.2) is 4.98 Å². The zero-order valence-electron chi connectivity index (χ0n) is 13.2. The molecule has 1 heterocycles. The van der Waals surface area contributed by atoms with Gasteiger partial charge in [0.15, 0.2) is 0 Å². The Kier molecular flexibility index (Phi) is 5.03. The Morgan fingerprint density at radius 1 is 1.12 bits per heavy atom. The summed E-state index contributed by atoms with van der Waals surface area (Å²) in [6.45, 7) is 0. The Hall–Kier alpha value is -2.36. The summed E-state index contributed by atoms with van der Waals surface area (Å²) in [4.78, 5) is 15.1. The number of nitrogens with two attached hydrogens (primary N) is 1. The van der Waals surface area contributed by atoms with Crippen molar-refractivity contribution in [2.75, 3.05) is 0 Å². The molecule has 0 fully saturated rings. The fourth-order valence-electron chi connectivity index (χ4n) is 2.51. The minimum absolute atomic E-state index is 0.334. The number of halogens is 4. The molecule has 0 aliphatic rings. The van der Waals surface area contributed by atoms with Gasteiger partial charge in [0.05, 0.1) is 15.8 Å². The summed E-state index contributed by atoms with van der Waals surface area (Å²) >= 11 is 2.07. The van der Waals surface area contributed by atoms with E-state index in [-0.39, 0.29) is 3.92 Å². The number of hydrogen-bond donors (Lipinski definition) is 1. The number of primary amides is 1. The van der Waals surface area contributed by atoms with Crippen molar-refractivity contribution in [1.29, 1.82) is 0 Å². The summed E-state index contributed by atoms with van der Waals surface area (Å²) in [7, 11) is 0. The molecule has 2 aromatic carbocycles. The standard InChI is InChI=1S/C18H13F3IN3O/c19-18(20,21)14-7-13(8-15(9-14)25-6-5-24-10-25)16(22)11-1-3-12(4-2-11)17(23)26/h1-10,16H,(H2,23,26). The molecule has 0 aliphatic heterocycles. The van der Waals surface area contributed by atoms with Crippen molar-refractivity contribution in [3.63, 3.8) is 0 Å². The predicted octanol–water partition coefficient (Wildman–Crippen LogP) is 4.51. The Labute approximate surface area is 161 Å². The maximum Gasteiger partial charge on any atom is 0.416 e. The summed E-state index contributed by atoms with van der Waals surface area (Å²) < 4.78 is 41.1. The summed E-state index contributed by atoms with van der Waals surface area (Å²) in [6.07, 6.45) is 0.0772. The third-order valence-electron chi connectivity index (χ3n) is 3.85. The minimum atomic E-state index is -4.46. The van der Waals surface area contributed by atoms with Gasteiger partial charge in [0.2, 0.25) is 5.91 Å². The van der Waals surface area contributed by atoms with Crippen LogP contribution >= 0.6 is 22.6 Å². The zero-order chi connectivity index (χ0) is 18.9. The fraction of sp³-hybridized carbons (Fsp3) is 0.111. The van der Waals surface area contributed by atoms with Crippen LogP contribution in [-0.2, 0) is 6.18 Å². The molecule has 4 nitrogen and oxygen atoms in total. The van der Waals surface area contributed by atoms with Crippen LogP contribution in [0.5, 0.6) is 0 Å². The second-order valence-corrected chi connectivity index (χ2v) is 6.88. The van der Waals surface area contributed by atoms with Gasteiger partial charge in [0, 0.05) is 23.6 Å². The molecule has 3 rings (SSSR count). The van der Waals surface area contributed by atoms with Crippen LogP contribution in [0, 0.1) is 0 Å². The van der Waals surface area contributed by atoms with Crippen molar-refractivity contribution in [3.8, 4) is 5.69 Å². The van der Waals surface area contributed by atoms with Crippen LogP contribution < -0.4 is 5.73 Å². The van der Waals surface area contributed by atoms with Crippen molar-refractivity contribution in [3.05, 3.63) is 83.4 Å². The number of amides is 1. The highest BCUT2D eigenvalue weighted by Crippen LogP contribution is 2.37. The van der Waals surface area contributed by atoms with Crippen LogP contribution in [0.1, 0.15) is 31.0 Å². The zero-order valence-corrected chi connectivity index (χ0v) is 15.4. The van der Waals surface area contributed by atoms with E-state index in [1.54, 1.807) is 36.5 Å². The molecule has 134 valence electrons. The fourth-order valence-corrected chi connectivity index (χ4v) is 3.29. The van der Waals surface area contributed by atoms with E-state index < -0.39 is 17.6 Å². The van der Waals surface area contributed by atoms with Crippen molar-refractivity contribution in [1.82, 2.24) is 9.55 Å². The molecule has 1 aromatic heterocycles. The second kappa shape index (κ2) is 7.10. The monoisotopic (exact) mass is 471 g/mol. The molecule has 8 heteroatoms. The maximum atomic E-state index is 13.3. The van der Waals surface area contributed by atoms with Crippen molar-refractivity contribution in [2.45, 2.75) is 10.1 Å². The third-order valence-corrected chi connectivity index (χ3v) is 5.29. The van der Waals surface area contributed by atoms with Gasteiger partial charge < -0.3 is 10.3 Å². The van der Waals surface area contributed by atoms with E-state index in [4.69, 9.17) is 5.73 Å². The van der Waals surface area contributed by atoms with Gasteiger partial charge in [-0.2, -0.15) is 13.2 Å². The van der Waals surface area contributed by atoms with Crippen LogP contribution in [0.25, 0.3) is 5.69 Å². The van der Waals surface area contributed by atoms with Crippen molar-refractivity contribution in [2.24, 2.45) is 5.73 Å². The average molecular weight is 471 g/mol. The number of benzene rings is 2. The molecule has 0 aliphatic carbocycles.